The van der Waals surface area contributed by atoms with Crippen LogP contribution in [0.4, 0.5) is 9.93 Å². The lowest BCUT2D eigenvalue weighted by molar-refractivity contribution is -0.138. The Morgan fingerprint density at radius 3 is 2.65 bits per heavy atom. The zero-order chi connectivity index (χ0) is 14.7. The lowest BCUT2D eigenvalue weighted by atomic mass is 10.2. The molecule has 0 saturated heterocycles. The van der Waals surface area contributed by atoms with E-state index in [1.807, 2.05) is 18.2 Å². The fourth-order valence-electron chi connectivity index (χ4n) is 1.64. The molecule has 0 spiro atoms. The van der Waals surface area contributed by atoms with Crippen LogP contribution in [-0.2, 0) is 4.79 Å². The Morgan fingerprint density at radius 1 is 1.35 bits per heavy atom. The molecule has 0 aliphatic carbocycles. The van der Waals surface area contributed by atoms with E-state index >= 15 is 0 Å². The van der Waals surface area contributed by atoms with Crippen LogP contribution in [0.2, 0.25) is 0 Å². The average Bonchev–Trinajstić information content (AvgIpc) is 2.81. The highest BCUT2D eigenvalue weighted by atomic mass is 32.1. The van der Waals surface area contributed by atoms with Crippen LogP contribution >= 0.6 is 11.3 Å². The largest absolute Gasteiger partial charge is 0.480 e. The van der Waals surface area contributed by atoms with E-state index in [1.54, 1.807) is 6.07 Å². The highest BCUT2D eigenvalue weighted by Gasteiger charge is 2.21. The van der Waals surface area contributed by atoms with Gasteiger partial charge in [0.25, 0.3) is 0 Å². The Morgan fingerprint density at radius 2 is 2.05 bits per heavy atom. The molecule has 1 amide bonds. The predicted molar refractivity (Wildman–Crippen MR) is 75.2 cm³/mol. The number of hydrogen-bond acceptors (Lipinski definition) is 5. The first-order valence-corrected chi connectivity index (χ1v) is 6.65. The quantitative estimate of drug-likeness (QED) is 0.771. The summed E-state index contributed by atoms with van der Waals surface area (Å²) in [6.45, 7) is -0.0113. The number of nitrogens with zero attached hydrogens (tertiary/aromatic N) is 2. The summed E-state index contributed by atoms with van der Waals surface area (Å²) in [5, 5.41) is 18.2. The van der Waals surface area contributed by atoms with Crippen LogP contribution in [0.3, 0.4) is 0 Å². The minimum atomic E-state index is -1.18. The number of rotatable bonds is 5. The molecule has 0 unspecified atom stereocenters. The number of para-hydroxylation sites is 1. The van der Waals surface area contributed by atoms with Crippen molar-refractivity contribution in [2.45, 2.75) is 12.5 Å². The molecule has 0 saturated carbocycles. The second-order valence-electron chi connectivity index (χ2n) is 4.13. The van der Waals surface area contributed by atoms with E-state index in [-0.39, 0.29) is 13.0 Å². The third-order valence-corrected chi connectivity index (χ3v) is 3.78. The SMILES string of the molecule is N[C@@H](CCN(C(=O)O)c1nc2ccccc2s1)C(=O)O. The van der Waals surface area contributed by atoms with E-state index in [1.165, 1.54) is 11.3 Å². The number of anilines is 1. The van der Waals surface area contributed by atoms with Gasteiger partial charge in [-0.2, -0.15) is 0 Å². The summed E-state index contributed by atoms with van der Waals surface area (Å²) in [7, 11) is 0. The first kappa shape index (κ1) is 14.2. The lowest BCUT2D eigenvalue weighted by Crippen LogP contribution is -2.37. The van der Waals surface area contributed by atoms with Gasteiger partial charge in [-0.15, -0.1) is 0 Å². The van der Waals surface area contributed by atoms with E-state index in [4.69, 9.17) is 10.8 Å². The number of fused-ring (bicyclic) bond motifs is 1. The molecule has 0 bridgehead atoms. The number of carbonyl (C=O) groups is 2. The van der Waals surface area contributed by atoms with Crippen molar-refractivity contribution in [2.24, 2.45) is 5.73 Å². The van der Waals surface area contributed by atoms with Crippen LogP contribution in [0, 0.1) is 0 Å². The summed E-state index contributed by atoms with van der Waals surface area (Å²) in [5.74, 6) is -1.15. The number of hydrogen-bond donors (Lipinski definition) is 3. The van der Waals surface area contributed by atoms with Gasteiger partial charge < -0.3 is 15.9 Å². The van der Waals surface area contributed by atoms with Crippen LogP contribution in [0.5, 0.6) is 0 Å². The van der Waals surface area contributed by atoms with Gasteiger partial charge in [-0.3, -0.25) is 9.69 Å². The molecule has 0 radical (unpaired) electrons. The predicted octanol–water partition coefficient (Wildman–Crippen LogP) is 1.58. The molecule has 2 aromatic rings. The van der Waals surface area contributed by atoms with E-state index in [0.717, 1.165) is 9.60 Å². The molecule has 106 valence electrons. The van der Waals surface area contributed by atoms with Gasteiger partial charge in [-0.1, -0.05) is 23.5 Å². The molecular weight excluding hydrogens is 282 g/mol. The molecular formula is C12H13N3O4S. The summed E-state index contributed by atoms with van der Waals surface area (Å²) in [6.07, 6.45) is -1.15. The zero-order valence-electron chi connectivity index (χ0n) is 10.4. The van der Waals surface area contributed by atoms with Crippen LogP contribution in [0.15, 0.2) is 24.3 Å². The Bertz CT molecular complexity index is 609. The van der Waals surface area contributed by atoms with Crippen LogP contribution in [0.1, 0.15) is 6.42 Å². The Kier molecular flexibility index (Phi) is 4.16. The molecule has 4 N–H and O–H groups in total. The zero-order valence-corrected chi connectivity index (χ0v) is 11.2. The van der Waals surface area contributed by atoms with Crippen molar-refractivity contribution in [2.75, 3.05) is 11.4 Å². The third kappa shape index (κ3) is 3.03. The number of carboxylic acid groups (broad SMARTS) is 2. The molecule has 8 heteroatoms. The highest BCUT2D eigenvalue weighted by Crippen LogP contribution is 2.28. The van der Waals surface area contributed by atoms with Gasteiger partial charge in [0, 0.05) is 6.54 Å². The smallest absolute Gasteiger partial charge is 0.413 e. The molecule has 7 nitrogen and oxygen atoms in total. The summed E-state index contributed by atoms with van der Waals surface area (Å²) in [5.41, 5.74) is 6.09. The standard InChI is InChI=1S/C12H13N3O4S/c13-7(10(16)17)5-6-15(12(18)19)11-14-8-3-1-2-4-9(8)20-11/h1-4,7H,5-6,13H2,(H,16,17)(H,18,19)/t7-/m0/s1. The lowest BCUT2D eigenvalue weighted by Gasteiger charge is -2.16. The van der Waals surface area contributed by atoms with Gasteiger partial charge in [-0.05, 0) is 18.6 Å². The Hall–Kier alpha value is -2.19. The summed E-state index contributed by atoms with van der Waals surface area (Å²) in [6, 6.07) is 6.21. The normalized spacial score (nSPS) is 12.2. The number of carboxylic acids is 1. The van der Waals surface area contributed by atoms with Crippen LogP contribution in [-0.4, -0.2) is 39.8 Å². The van der Waals surface area contributed by atoms with Gasteiger partial charge >= 0.3 is 12.1 Å². The maximum atomic E-state index is 11.3. The van der Waals surface area contributed by atoms with Crippen molar-refractivity contribution in [1.82, 2.24) is 4.98 Å². The number of benzene rings is 1. The minimum absolute atomic E-state index is 0.0113. The van der Waals surface area contributed by atoms with Crippen LogP contribution in [0.25, 0.3) is 10.2 Å². The molecule has 1 aromatic carbocycles. The third-order valence-electron chi connectivity index (χ3n) is 2.73. The number of aliphatic carboxylic acids is 1. The van der Waals surface area contributed by atoms with Gasteiger partial charge in [0.15, 0.2) is 5.13 Å². The monoisotopic (exact) mass is 295 g/mol. The fraction of sp³-hybridized carbons (Fsp3) is 0.250. The number of aromatic nitrogens is 1. The molecule has 1 aromatic heterocycles. The van der Waals surface area contributed by atoms with Crippen molar-refractivity contribution in [3.8, 4) is 0 Å². The molecule has 2 rings (SSSR count). The fourth-order valence-corrected chi connectivity index (χ4v) is 2.63. The molecule has 1 heterocycles. The molecule has 0 fully saturated rings. The maximum absolute atomic E-state index is 11.3. The summed E-state index contributed by atoms with van der Waals surface area (Å²) < 4.78 is 0.872. The van der Waals surface area contributed by atoms with Gasteiger partial charge in [-0.25, -0.2) is 9.78 Å². The minimum Gasteiger partial charge on any atom is -0.480 e. The van der Waals surface area contributed by atoms with Crippen molar-refractivity contribution >= 4 is 38.7 Å². The van der Waals surface area contributed by atoms with E-state index in [0.29, 0.717) is 10.6 Å². The van der Waals surface area contributed by atoms with E-state index in [2.05, 4.69) is 4.98 Å². The van der Waals surface area contributed by atoms with Crippen molar-refractivity contribution in [1.29, 1.82) is 0 Å². The topological polar surface area (TPSA) is 117 Å². The average molecular weight is 295 g/mol. The molecule has 0 aliphatic heterocycles. The van der Waals surface area contributed by atoms with Crippen molar-refractivity contribution in [3.05, 3.63) is 24.3 Å². The maximum Gasteiger partial charge on any atom is 0.413 e. The Balaban J connectivity index is 2.20. The second-order valence-corrected chi connectivity index (χ2v) is 5.14. The van der Waals surface area contributed by atoms with E-state index in [9.17, 15) is 14.7 Å². The second kappa shape index (κ2) is 5.85. The molecule has 0 aliphatic rings. The highest BCUT2D eigenvalue weighted by molar-refractivity contribution is 7.22. The number of nitrogens with two attached hydrogens (primary N) is 1. The van der Waals surface area contributed by atoms with Crippen LogP contribution < -0.4 is 10.6 Å². The number of thiazole rings is 1. The van der Waals surface area contributed by atoms with Gasteiger partial charge in [0.2, 0.25) is 0 Å². The first-order valence-electron chi connectivity index (χ1n) is 5.83. The first-order chi connectivity index (χ1) is 9.49. The van der Waals surface area contributed by atoms with Crippen molar-refractivity contribution in [3.63, 3.8) is 0 Å². The summed E-state index contributed by atoms with van der Waals surface area (Å²) >= 11 is 1.24. The van der Waals surface area contributed by atoms with Gasteiger partial charge in [0.05, 0.1) is 10.2 Å². The molecule has 20 heavy (non-hydrogen) atoms. The molecule has 1 atom stereocenters. The number of amides is 1. The van der Waals surface area contributed by atoms with E-state index < -0.39 is 18.1 Å². The van der Waals surface area contributed by atoms with Gasteiger partial charge in [0.1, 0.15) is 6.04 Å². The Labute approximate surface area is 118 Å². The van der Waals surface area contributed by atoms with Crippen molar-refractivity contribution < 1.29 is 19.8 Å². The summed E-state index contributed by atoms with van der Waals surface area (Å²) in [4.78, 5) is 27.2.